The van der Waals surface area contributed by atoms with E-state index in [1.54, 1.807) is 18.2 Å². The second kappa shape index (κ2) is 4.26. The largest absolute Gasteiger partial charge is 0.461 e. The van der Waals surface area contributed by atoms with Crippen molar-refractivity contribution in [2.24, 2.45) is 0 Å². The first-order chi connectivity index (χ1) is 8.77. The molecule has 0 bridgehead atoms. The van der Waals surface area contributed by atoms with Crippen LogP contribution in [0.1, 0.15) is 45.2 Å². The van der Waals surface area contributed by atoms with Crippen LogP contribution >= 0.6 is 0 Å². The van der Waals surface area contributed by atoms with Gasteiger partial charge in [-0.05, 0) is 24.1 Å². The van der Waals surface area contributed by atoms with Gasteiger partial charge in [-0.25, -0.2) is 0 Å². The van der Waals surface area contributed by atoms with Crippen molar-refractivity contribution in [3.8, 4) is 0 Å². The summed E-state index contributed by atoms with van der Waals surface area (Å²) < 4.78 is 5.16. The first-order valence-corrected chi connectivity index (χ1v) is 5.97. The molecule has 0 saturated carbocycles. The molecule has 0 fully saturated rings. The average Bonchev–Trinajstić information content (AvgIpc) is 2.93. The summed E-state index contributed by atoms with van der Waals surface area (Å²) in [6.45, 7) is 0. The molecule has 1 atom stereocenters. The van der Waals surface area contributed by atoms with E-state index >= 15 is 0 Å². The summed E-state index contributed by atoms with van der Waals surface area (Å²) in [6, 6.07) is 10.7. The standard InChI is InChI=1S/C15H12O3/c16-13-8-7-12(10-4-1-2-5-11(10)13)15(17)14-6-3-9-18-14/h1-6,9,12H,7-8H2. The second-order valence-electron chi connectivity index (χ2n) is 4.44. The maximum atomic E-state index is 12.3. The van der Waals surface area contributed by atoms with Gasteiger partial charge >= 0.3 is 0 Å². The van der Waals surface area contributed by atoms with Gasteiger partial charge in [0.1, 0.15) is 0 Å². The van der Waals surface area contributed by atoms with E-state index in [0.717, 1.165) is 5.56 Å². The predicted octanol–water partition coefficient (Wildman–Crippen LogP) is 3.22. The van der Waals surface area contributed by atoms with Gasteiger partial charge in [0.15, 0.2) is 11.5 Å². The van der Waals surface area contributed by atoms with Crippen LogP contribution in [0.4, 0.5) is 0 Å². The predicted molar refractivity (Wildman–Crippen MR) is 65.8 cm³/mol. The van der Waals surface area contributed by atoms with Crippen LogP contribution in [-0.4, -0.2) is 11.6 Å². The molecule has 0 N–H and O–H groups in total. The molecule has 0 amide bonds. The Labute approximate surface area is 104 Å². The highest BCUT2D eigenvalue weighted by atomic mass is 16.3. The number of ketones is 2. The lowest BCUT2D eigenvalue weighted by atomic mass is 9.79. The van der Waals surface area contributed by atoms with E-state index in [0.29, 0.717) is 24.2 Å². The summed E-state index contributed by atoms with van der Waals surface area (Å²) in [5.74, 6) is 0.184. The minimum Gasteiger partial charge on any atom is -0.461 e. The van der Waals surface area contributed by atoms with Crippen molar-refractivity contribution in [1.29, 1.82) is 0 Å². The van der Waals surface area contributed by atoms with Crippen LogP contribution in [0.5, 0.6) is 0 Å². The van der Waals surface area contributed by atoms with E-state index in [-0.39, 0.29) is 17.5 Å². The smallest absolute Gasteiger partial charge is 0.205 e. The van der Waals surface area contributed by atoms with Crippen molar-refractivity contribution < 1.29 is 14.0 Å². The molecule has 0 saturated heterocycles. The van der Waals surface area contributed by atoms with Crippen molar-refractivity contribution in [1.82, 2.24) is 0 Å². The molecular formula is C15H12O3. The number of furan rings is 1. The Hall–Kier alpha value is -2.16. The summed E-state index contributed by atoms with van der Waals surface area (Å²) in [6.07, 6.45) is 2.48. The number of hydrogen-bond acceptors (Lipinski definition) is 3. The van der Waals surface area contributed by atoms with Gasteiger partial charge in [-0.2, -0.15) is 0 Å². The normalized spacial score (nSPS) is 18.4. The molecule has 2 aromatic rings. The van der Waals surface area contributed by atoms with Crippen LogP contribution in [0.2, 0.25) is 0 Å². The average molecular weight is 240 g/mol. The van der Waals surface area contributed by atoms with E-state index in [9.17, 15) is 9.59 Å². The van der Waals surface area contributed by atoms with Gasteiger partial charge in [0, 0.05) is 12.0 Å². The third-order valence-corrected chi connectivity index (χ3v) is 3.38. The number of benzene rings is 1. The minimum atomic E-state index is -0.259. The Bertz CT molecular complexity index is 596. The third kappa shape index (κ3) is 1.68. The maximum Gasteiger partial charge on any atom is 0.205 e. The topological polar surface area (TPSA) is 47.3 Å². The molecule has 1 aromatic carbocycles. The van der Waals surface area contributed by atoms with Crippen LogP contribution in [-0.2, 0) is 0 Å². The van der Waals surface area contributed by atoms with Gasteiger partial charge in [0.05, 0.1) is 12.2 Å². The van der Waals surface area contributed by atoms with Gasteiger partial charge < -0.3 is 4.42 Å². The fraction of sp³-hybridized carbons (Fsp3) is 0.200. The Morgan fingerprint density at radius 1 is 1.17 bits per heavy atom. The fourth-order valence-electron chi connectivity index (χ4n) is 2.48. The first-order valence-electron chi connectivity index (χ1n) is 5.97. The Morgan fingerprint density at radius 3 is 2.78 bits per heavy atom. The quantitative estimate of drug-likeness (QED) is 0.757. The summed E-state index contributed by atoms with van der Waals surface area (Å²) in [5.41, 5.74) is 1.50. The number of carbonyl (C=O) groups is 2. The maximum absolute atomic E-state index is 12.3. The van der Waals surface area contributed by atoms with Crippen LogP contribution in [0.3, 0.4) is 0 Å². The molecule has 0 aliphatic heterocycles. The molecule has 1 aliphatic rings. The second-order valence-corrected chi connectivity index (χ2v) is 4.44. The molecule has 3 heteroatoms. The van der Waals surface area contributed by atoms with Gasteiger partial charge in [-0.1, -0.05) is 24.3 Å². The zero-order valence-electron chi connectivity index (χ0n) is 9.76. The van der Waals surface area contributed by atoms with Crippen LogP contribution in [0.15, 0.2) is 47.1 Å². The number of carbonyl (C=O) groups excluding carboxylic acids is 2. The molecular weight excluding hydrogens is 228 g/mol. The highest BCUT2D eigenvalue weighted by Gasteiger charge is 2.31. The summed E-state index contributed by atoms with van der Waals surface area (Å²) >= 11 is 0. The molecule has 3 nitrogen and oxygen atoms in total. The van der Waals surface area contributed by atoms with E-state index in [1.165, 1.54) is 6.26 Å². The Morgan fingerprint density at radius 2 is 2.00 bits per heavy atom. The molecule has 1 aliphatic carbocycles. The summed E-state index contributed by atoms with van der Waals surface area (Å²) in [4.78, 5) is 24.1. The fourth-order valence-corrected chi connectivity index (χ4v) is 2.48. The van der Waals surface area contributed by atoms with Crippen LogP contribution < -0.4 is 0 Å². The van der Waals surface area contributed by atoms with Crippen molar-refractivity contribution in [2.45, 2.75) is 18.8 Å². The van der Waals surface area contributed by atoms with Gasteiger partial charge in [0.2, 0.25) is 5.78 Å². The van der Waals surface area contributed by atoms with Crippen LogP contribution in [0, 0.1) is 0 Å². The summed E-state index contributed by atoms with van der Waals surface area (Å²) in [7, 11) is 0. The van der Waals surface area contributed by atoms with Gasteiger partial charge in [-0.3, -0.25) is 9.59 Å². The number of fused-ring (bicyclic) bond motifs is 1. The molecule has 1 aromatic heterocycles. The third-order valence-electron chi connectivity index (χ3n) is 3.38. The Balaban J connectivity index is 2.03. The molecule has 1 unspecified atom stereocenters. The molecule has 18 heavy (non-hydrogen) atoms. The van der Waals surface area contributed by atoms with Crippen molar-refractivity contribution in [2.75, 3.05) is 0 Å². The lowest BCUT2D eigenvalue weighted by Crippen LogP contribution is -2.21. The highest BCUT2D eigenvalue weighted by Crippen LogP contribution is 2.33. The highest BCUT2D eigenvalue weighted by molar-refractivity contribution is 6.05. The van der Waals surface area contributed by atoms with E-state index in [4.69, 9.17) is 4.42 Å². The molecule has 90 valence electrons. The van der Waals surface area contributed by atoms with Gasteiger partial charge in [-0.15, -0.1) is 0 Å². The van der Waals surface area contributed by atoms with E-state index < -0.39 is 0 Å². The SMILES string of the molecule is O=C1CCC(C(=O)c2ccco2)c2ccccc21. The minimum absolute atomic E-state index is 0.0417. The van der Waals surface area contributed by atoms with Gasteiger partial charge in [0.25, 0.3) is 0 Å². The zero-order chi connectivity index (χ0) is 12.5. The van der Waals surface area contributed by atoms with E-state index in [1.807, 2.05) is 18.2 Å². The lowest BCUT2D eigenvalue weighted by molar-refractivity contribution is 0.0899. The monoisotopic (exact) mass is 240 g/mol. The van der Waals surface area contributed by atoms with Crippen molar-refractivity contribution in [3.05, 3.63) is 59.5 Å². The first kappa shape index (κ1) is 11.0. The zero-order valence-corrected chi connectivity index (χ0v) is 9.76. The van der Waals surface area contributed by atoms with E-state index in [2.05, 4.69) is 0 Å². The molecule has 0 radical (unpaired) electrons. The molecule has 0 spiro atoms. The molecule has 1 heterocycles. The number of rotatable bonds is 2. The lowest BCUT2D eigenvalue weighted by Gasteiger charge is -2.22. The van der Waals surface area contributed by atoms with Crippen molar-refractivity contribution >= 4 is 11.6 Å². The van der Waals surface area contributed by atoms with Crippen LogP contribution in [0.25, 0.3) is 0 Å². The van der Waals surface area contributed by atoms with Crippen molar-refractivity contribution in [3.63, 3.8) is 0 Å². The summed E-state index contributed by atoms with van der Waals surface area (Å²) in [5, 5.41) is 0. The number of Topliss-reactive ketones (excluding diaryl/α,β-unsaturated/α-hetero) is 2. The molecule has 3 rings (SSSR count). The number of hydrogen-bond donors (Lipinski definition) is 0. The Kier molecular flexibility index (Phi) is 2.59.